The first-order chi connectivity index (χ1) is 9.58. The Morgan fingerprint density at radius 2 is 1.90 bits per heavy atom. The second-order valence-corrected chi connectivity index (χ2v) is 5.80. The van der Waals surface area contributed by atoms with Crippen LogP contribution in [0.3, 0.4) is 0 Å². The van der Waals surface area contributed by atoms with Crippen LogP contribution in [0.2, 0.25) is 0 Å². The molecule has 1 aliphatic heterocycles. The summed E-state index contributed by atoms with van der Waals surface area (Å²) in [5, 5.41) is 4.06. The molecule has 0 unspecified atom stereocenters. The molecule has 1 aliphatic rings. The van der Waals surface area contributed by atoms with Gasteiger partial charge < -0.3 is 10.6 Å². The molecular formula is C13H15BrN4OS. The van der Waals surface area contributed by atoms with Gasteiger partial charge in [-0.05, 0) is 37.1 Å². The molecule has 0 bridgehead atoms. The highest BCUT2D eigenvalue weighted by molar-refractivity contribution is 9.10. The predicted molar refractivity (Wildman–Crippen MR) is 87.8 cm³/mol. The summed E-state index contributed by atoms with van der Waals surface area (Å²) in [4.78, 5) is 14.0. The van der Waals surface area contributed by atoms with Gasteiger partial charge in [0, 0.05) is 17.6 Å². The number of carbonyl (C=O) groups excluding carboxylic acids is 1. The zero-order valence-electron chi connectivity index (χ0n) is 10.8. The first kappa shape index (κ1) is 14.9. The van der Waals surface area contributed by atoms with Crippen LogP contribution in [0.1, 0.15) is 12.8 Å². The summed E-state index contributed by atoms with van der Waals surface area (Å²) in [7, 11) is 0. The molecular weight excluding hydrogens is 340 g/mol. The van der Waals surface area contributed by atoms with Gasteiger partial charge in [-0.15, -0.1) is 0 Å². The summed E-state index contributed by atoms with van der Waals surface area (Å²) in [6, 6.07) is 7.43. The van der Waals surface area contributed by atoms with Gasteiger partial charge in [-0.1, -0.05) is 28.1 Å². The maximum atomic E-state index is 12.2. The SMILES string of the molecule is NC(=S)/C(=N/Nc1ccc(Br)cc1)C(=O)N1CCCC1. The number of rotatable bonds is 4. The minimum absolute atomic E-state index is 0.00603. The molecule has 2 rings (SSSR count). The molecule has 1 saturated heterocycles. The lowest BCUT2D eigenvalue weighted by atomic mass is 10.3. The second kappa shape index (κ2) is 6.81. The molecule has 0 atom stereocenters. The van der Waals surface area contributed by atoms with Crippen molar-refractivity contribution in [1.82, 2.24) is 4.90 Å². The molecule has 0 saturated carbocycles. The molecule has 7 heteroatoms. The first-order valence-electron chi connectivity index (χ1n) is 6.26. The lowest BCUT2D eigenvalue weighted by Gasteiger charge is -2.15. The van der Waals surface area contributed by atoms with Crippen LogP contribution < -0.4 is 11.2 Å². The summed E-state index contributed by atoms with van der Waals surface area (Å²) >= 11 is 8.27. The van der Waals surface area contributed by atoms with E-state index >= 15 is 0 Å². The quantitative estimate of drug-likeness (QED) is 0.493. The van der Waals surface area contributed by atoms with Crippen LogP contribution >= 0.6 is 28.1 Å². The van der Waals surface area contributed by atoms with Crippen molar-refractivity contribution in [1.29, 1.82) is 0 Å². The number of hydrogen-bond donors (Lipinski definition) is 2. The fourth-order valence-corrected chi connectivity index (χ4v) is 2.32. The van der Waals surface area contributed by atoms with Crippen molar-refractivity contribution in [2.45, 2.75) is 12.8 Å². The van der Waals surface area contributed by atoms with E-state index in [0.717, 1.165) is 36.1 Å². The molecule has 0 aromatic heterocycles. The average molecular weight is 355 g/mol. The minimum Gasteiger partial charge on any atom is -0.388 e. The zero-order valence-corrected chi connectivity index (χ0v) is 13.2. The molecule has 1 heterocycles. The maximum Gasteiger partial charge on any atom is 0.277 e. The van der Waals surface area contributed by atoms with Gasteiger partial charge in [-0.3, -0.25) is 10.2 Å². The van der Waals surface area contributed by atoms with E-state index in [2.05, 4.69) is 26.5 Å². The van der Waals surface area contributed by atoms with Gasteiger partial charge in [0.2, 0.25) is 0 Å². The fraction of sp³-hybridized carbons (Fsp3) is 0.308. The average Bonchev–Trinajstić information content (AvgIpc) is 2.94. The van der Waals surface area contributed by atoms with Crippen LogP contribution in [0.15, 0.2) is 33.8 Å². The number of carbonyl (C=O) groups is 1. The van der Waals surface area contributed by atoms with Crippen molar-refractivity contribution in [2.75, 3.05) is 18.5 Å². The van der Waals surface area contributed by atoms with E-state index in [0.29, 0.717) is 0 Å². The number of halogens is 1. The fourth-order valence-electron chi connectivity index (χ4n) is 1.92. The van der Waals surface area contributed by atoms with Gasteiger partial charge in [0.15, 0.2) is 5.71 Å². The number of hydrazone groups is 1. The molecule has 1 aromatic rings. The Hall–Kier alpha value is -1.47. The van der Waals surface area contributed by atoms with Crippen LogP contribution in [0.25, 0.3) is 0 Å². The summed E-state index contributed by atoms with van der Waals surface area (Å²) < 4.78 is 0.967. The van der Waals surface area contributed by atoms with Gasteiger partial charge in [0.1, 0.15) is 4.99 Å². The third-order valence-corrected chi connectivity index (χ3v) is 3.69. The summed E-state index contributed by atoms with van der Waals surface area (Å²) in [5.41, 5.74) is 9.27. The van der Waals surface area contributed by atoms with Crippen LogP contribution in [0.5, 0.6) is 0 Å². The smallest absolute Gasteiger partial charge is 0.277 e. The highest BCUT2D eigenvalue weighted by Gasteiger charge is 2.24. The monoisotopic (exact) mass is 354 g/mol. The van der Waals surface area contributed by atoms with E-state index < -0.39 is 0 Å². The molecule has 20 heavy (non-hydrogen) atoms. The Morgan fingerprint density at radius 3 is 2.45 bits per heavy atom. The lowest BCUT2D eigenvalue weighted by Crippen LogP contribution is -2.40. The van der Waals surface area contributed by atoms with Crippen molar-refractivity contribution in [3.05, 3.63) is 28.7 Å². The van der Waals surface area contributed by atoms with E-state index in [9.17, 15) is 4.79 Å². The van der Waals surface area contributed by atoms with E-state index in [4.69, 9.17) is 18.0 Å². The Kier molecular flexibility index (Phi) is 5.08. The topological polar surface area (TPSA) is 70.7 Å². The van der Waals surface area contributed by atoms with Gasteiger partial charge in [-0.2, -0.15) is 5.10 Å². The number of hydrogen-bond acceptors (Lipinski definition) is 4. The summed E-state index contributed by atoms with van der Waals surface area (Å²) in [6.07, 6.45) is 2.02. The predicted octanol–water partition coefficient (Wildman–Crippen LogP) is 2.13. The standard InChI is InChI=1S/C13H15BrN4OS/c14-9-3-5-10(6-4-9)16-17-11(12(15)20)13(19)18-7-1-2-8-18/h3-6,16H,1-2,7-8H2,(H2,15,20)/b17-11-. The highest BCUT2D eigenvalue weighted by atomic mass is 79.9. The lowest BCUT2D eigenvalue weighted by molar-refractivity contribution is -0.122. The van der Waals surface area contributed by atoms with Crippen molar-refractivity contribution in [3.8, 4) is 0 Å². The van der Waals surface area contributed by atoms with Crippen LogP contribution in [0, 0.1) is 0 Å². The molecule has 1 aromatic carbocycles. The number of benzene rings is 1. The van der Waals surface area contributed by atoms with Gasteiger partial charge >= 0.3 is 0 Å². The Labute approximate surface area is 131 Å². The van der Waals surface area contributed by atoms with Crippen LogP contribution in [-0.2, 0) is 4.79 Å². The molecule has 1 fully saturated rings. The summed E-state index contributed by atoms with van der Waals surface area (Å²) in [6.45, 7) is 1.47. The van der Waals surface area contributed by atoms with E-state index in [1.165, 1.54) is 0 Å². The number of anilines is 1. The van der Waals surface area contributed by atoms with Crippen molar-refractivity contribution in [3.63, 3.8) is 0 Å². The molecule has 0 aliphatic carbocycles. The Morgan fingerprint density at radius 1 is 1.30 bits per heavy atom. The third-order valence-electron chi connectivity index (χ3n) is 2.97. The third kappa shape index (κ3) is 3.77. The molecule has 0 radical (unpaired) electrons. The van der Waals surface area contributed by atoms with Crippen molar-refractivity contribution >= 4 is 50.4 Å². The minimum atomic E-state index is -0.209. The summed E-state index contributed by atoms with van der Waals surface area (Å²) in [5.74, 6) is -0.209. The Bertz CT molecular complexity index is 538. The van der Waals surface area contributed by atoms with E-state index in [1.807, 2.05) is 24.3 Å². The second-order valence-electron chi connectivity index (χ2n) is 4.44. The molecule has 106 valence electrons. The Balaban J connectivity index is 2.11. The largest absolute Gasteiger partial charge is 0.388 e. The number of thiocarbonyl (C=S) groups is 1. The van der Waals surface area contributed by atoms with Crippen LogP contribution in [0.4, 0.5) is 5.69 Å². The zero-order chi connectivity index (χ0) is 14.5. The van der Waals surface area contributed by atoms with Crippen molar-refractivity contribution in [2.24, 2.45) is 10.8 Å². The van der Waals surface area contributed by atoms with Gasteiger partial charge in [0.25, 0.3) is 5.91 Å². The molecule has 5 nitrogen and oxygen atoms in total. The number of nitrogens with two attached hydrogens (primary N) is 1. The normalized spacial score (nSPS) is 15.2. The number of amides is 1. The molecule has 3 N–H and O–H groups in total. The number of nitrogens with one attached hydrogen (secondary N) is 1. The maximum absolute atomic E-state index is 12.2. The molecule has 1 amide bonds. The first-order valence-corrected chi connectivity index (χ1v) is 7.46. The van der Waals surface area contributed by atoms with Gasteiger partial charge in [-0.25, -0.2) is 0 Å². The van der Waals surface area contributed by atoms with E-state index in [-0.39, 0.29) is 16.6 Å². The molecule has 0 spiro atoms. The van der Waals surface area contributed by atoms with Gasteiger partial charge in [0.05, 0.1) is 5.69 Å². The highest BCUT2D eigenvalue weighted by Crippen LogP contribution is 2.14. The van der Waals surface area contributed by atoms with E-state index in [1.54, 1.807) is 4.90 Å². The number of likely N-dealkylation sites (tertiary alicyclic amines) is 1. The number of nitrogens with zero attached hydrogens (tertiary/aromatic N) is 2. The van der Waals surface area contributed by atoms with Crippen molar-refractivity contribution < 1.29 is 4.79 Å². The van der Waals surface area contributed by atoms with Crippen LogP contribution in [-0.4, -0.2) is 34.6 Å².